The van der Waals surface area contributed by atoms with Crippen molar-refractivity contribution in [3.05, 3.63) is 18.0 Å². The summed E-state index contributed by atoms with van der Waals surface area (Å²) in [4.78, 5) is 0. The molecule has 2 rings (SSSR count). The minimum atomic E-state index is -0.276. The highest BCUT2D eigenvalue weighted by Gasteiger charge is 2.41. The summed E-state index contributed by atoms with van der Waals surface area (Å²) in [7, 11) is 0. The van der Waals surface area contributed by atoms with E-state index in [0.717, 1.165) is 18.5 Å². The first-order chi connectivity index (χ1) is 6.50. The second-order valence-corrected chi connectivity index (χ2v) is 4.98. The Morgan fingerprint density at radius 1 is 1.57 bits per heavy atom. The van der Waals surface area contributed by atoms with Gasteiger partial charge in [-0.25, -0.2) is 0 Å². The van der Waals surface area contributed by atoms with Gasteiger partial charge in [-0.1, -0.05) is 13.8 Å². The molecule has 0 spiro atoms. The van der Waals surface area contributed by atoms with Gasteiger partial charge < -0.3 is 5.11 Å². The first-order valence-electron chi connectivity index (χ1n) is 5.20. The molecule has 1 aliphatic rings. The van der Waals surface area contributed by atoms with Gasteiger partial charge in [0, 0.05) is 6.20 Å². The van der Waals surface area contributed by atoms with E-state index in [-0.39, 0.29) is 17.6 Å². The lowest BCUT2D eigenvalue weighted by molar-refractivity contribution is 0.0462. The van der Waals surface area contributed by atoms with Gasteiger partial charge in [-0.2, -0.15) is 5.10 Å². The SMILES string of the molecule is Cc1ccn(C2CCC(C)(C)C2O)n1. The lowest BCUT2D eigenvalue weighted by atomic mass is 9.89. The summed E-state index contributed by atoms with van der Waals surface area (Å²) in [5.74, 6) is 0. The fourth-order valence-electron chi connectivity index (χ4n) is 2.24. The van der Waals surface area contributed by atoms with E-state index in [0.29, 0.717) is 0 Å². The maximum atomic E-state index is 10.1. The fourth-order valence-corrected chi connectivity index (χ4v) is 2.24. The molecule has 0 saturated heterocycles. The fraction of sp³-hybridized carbons (Fsp3) is 0.727. The Labute approximate surface area is 84.7 Å². The van der Waals surface area contributed by atoms with Crippen molar-refractivity contribution < 1.29 is 5.11 Å². The Morgan fingerprint density at radius 3 is 2.71 bits per heavy atom. The molecule has 3 heteroatoms. The Hall–Kier alpha value is -0.830. The Bertz CT molecular complexity index is 330. The molecule has 1 N–H and O–H groups in total. The van der Waals surface area contributed by atoms with Gasteiger partial charge in [0.05, 0.1) is 17.8 Å². The maximum Gasteiger partial charge on any atom is 0.0815 e. The predicted octanol–water partition coefficient (Wildman–Crippen LogP) is 1.91. The lowest BCUT2D eigenvalue weighted by Gasteiger charge is -2.25. The minimum Gasteiger partial charge on any atom is -0.390 e. The molecule has 1 aromatic heterocycles. The highest BCUT2D eigenvalue weighted by molar-refractivity contribution is 5.00. The van der Waals surface area contributed by atoms with E-state index in [2.05, 4.69) is 18.9 Å². The summed E-state index contributed by atoms with van der Waals surface area (Å²) in [6.07, 6.45) is 3.78. The van der Waals surface area contributed by atoms with Crippen LogP contribution >= 0.6 is 0 Å². The van der Waals surface area contributed by atoms with Crippen LogP contribution in [0.2, 0.25) is 0 Å². The van der Waals surface area contributed by atoms with Crippen LogP contribution in [0.4, 0.5) is 0 Å². The average molecular weight is 194 g/mol. The normalized spacial score (nSPS) is 30.9. The van der Waals surface area contributed by atoms with Crippen LogP contribution in [0.5, 0.6) is 0 Å². The Balaban J connectivity index is 2.22. The summed E-state index contributed by atoms with van der Waals surface area (Å²) >= 11 is 0. The molecule has 0 aliphatic heterocycles. The lowest BCUT2D eigenvalue weighted by Crippen LogP contribution is -2.29. The summed E-state index contributed by atoms with van der Waals surface area (Å²) in [5.41, 5.74) is 1.05. The predicted molar refractivity (Wildman–Crippen MR) is 55.0 cm³/mol. The Morgan fingerprint density at radius 2 is 2.29 bits per heavy atom. The first kappa shape index (κ1) is 9.71. The molecule has 1 saturated carbocycles. The molecule has 2 atom stereocenters. The van der Waals surface area contributed by atoms with E-state index in [1.807, 2.05) is 23.9 Å². The number of aliphatic hydroxyl groups excluding tert-OH is 1. The second-order valence-electron chi connectivity index (χ2n) is 4.98. The molecule has 0 aromatic carbocycles. The summed E-state index contributed by atoms with van der Waals surface area (Å²) in [6, 6.07) is 2.15. The summed E-state index contributed by atoms with van der Waals surface area (Å²) in [5, 5.41) is 14.5. The number of hydrogen-bond donors (Lipinski definition) is 1. The number of aryl methyl sites for hydroxylation is 1. The van der Waals surface area contributed by atoms with Crippen molar-refractivity contribution >= 4 is 0 Å². The van der Waals surface area contributed by atoms with Crippen LogP contribution in [0.3, 0.4) is 0 Å². The largest absolute Gasteiger partial charge is 0.390 e. The average Bonchev–Trinajstić information content (AvgIpc) is 2.60. The van der Waals surface area contributed by atoms with Gasteiger partial charge in [0.1, 0.15) is 0 Å². The van der Waals surface area contributed by atoms with Gasteiger partial charge in [0.15, 0.2) is 0 Å². The third-order valence-electron chi connectivity index (χ3n) is 3.33. The molecule has 1 aromatic rings. The zero-order chi connectivity index (χ0) is 10.3. The van der Waals surface area contributed by atoms with E-state index >= 15 is 0 Å². The molecule has 78 valence electrons. The highest BCUT2D eigenvalue weighted by Crippen LogP contribution is 2.43. The third kappa shape index (κ3) is 1.46. The maximum absolute atomic E-state index is 10.1. The molecular weight excluding hydrogens is 176 g/mol. The van der Waals surface area contributed by atoms with Crippen molar-refractivity contribution in [1.82, 2.24) is 9.78 Å². The monoisotopic (exact) mass is 194 g/mol. The molecule has 14 heavy (non-hydrogen) atoms. The van der Waals surface area contributed by atoms with Gasteiger partial charge in [-0.3, -0.25) is 4.68 Å². The number of rotatable bonds is 1. The van der Waals surface area contributed by atoms with Gasteiger partial charge in [0.2, 0.25) is 0 Å². The van der Waals surface area contributed by atoms with Crippen LogP contribution < -0.4 is 0 Å². The quantitative estimate of drug-likeness (QED) is 0.741. The van der Waals surface area contributed by atoms with Crippen molar-refractivity contribution in [3.8, 4) is 0 Å². The number of aromatic nitrogens is 2. The molecule has 0 bridgehead atoms. The molecule has 1 heterocycles. The van der Waals surface area contributed by atoms with Gasteiger partial charge in [0.25, 0.3) is 0 Å². The van der Waals surface area contributed by atoms with Crippen molar-refractivity contribution in [2.24, 2.45) is 5.41 Å². The topological polar surface area (TPSA) is 38.0 Å². The highest BCUT2D eigenvalue weighted by atomic mass is 16.3. The molecular formula is C11H18N2O. The second kappa shape index (κ2) is 3.09. The minimum absolute atomic E-state index is 0.0323. The number of hydrogen-bond acceptors (Lipinski definition) is 2. The van der Waals surface area contributed by atoms with Gasteiger partial charge in [-0.15, -0.1) is 0 Å². The smallest absolute Gasteiger partial charge is 0.0815 e. The van der Waals surface area contributed by atoms with Crippen molar-refractivity contribution in [3.63, 3.8) is 0 Å². The molecule has 0 amide bonds. The zero-order valence-corrected chi connectivity index (χ0v) is 9.07. The molecule has 0 radical (unpaired) electrons. The van der Waals surface area contributed by atoms with Crippen molar-refractivity contribution in [2.75, 3.05) is 0 Å². The summed E-state index contributed by atoms with van der Waals surface area (Å²) < 4.78 is 1.91. The molecule has 3 nitrogen and oxygen atoms in total. The van der Waals surface area contributed by atoms with Crippen LogP contribution in [0.25, 0.3) is 0 Å². The van der Waals surface area contributed by atoms with Crippen LogP contribution in [-0.2, 0) is 0 Å². The van der Waals surface area contributed by atoms with Gasteiger partial charge in [-0.05, 0) is 31.2 Å². The van der Waals surface area contributed by atoms with E-state index in [1.54, 1.807) is 0 Å². The third-order valence-corrected chi connectivity index (χ3v) is 3.33. The van der Waals surface area contributed by atoms with Crippen LogP contribution in [-0.4, -0.2) is 21.0 Å². The number of nitrogens with zero attached hydrogens (tertiary/aromatic N) is 2. The van der Waals surface area contributed by atoms with Crippen molar-refractivity contribution in [2.45, 2.75) is 45.8 Å². The molecule has 2 unspecified atom stereocenters. The van der Waals surface area contributed by atoms with E-state index in [1.165, 1.54) is 0 Å². The van der Waals surface area contributed by atoms with E-state index in [9.17, 15) is 5.11 Å². The Kier molecular flexibility index (Phi) is 2.14. The first-order valence-corrected chi connectivity index (χ1v) is 5.20. The van der Waals surface area contributed by atoms with Crippen LogP contribution in [0, 0.1) is 12.3 Å². The molecule has 1 aliphatic carbocycles. The number of aliphatic hydroxyl groups is 1. The summed E-state index contributed by atoms with van der Waals surface area (Å²) in [6.45, 7) is 6.21. The van der Waals surface area contributed by atoms with Crippen molar-refractivity contribution in [1.29, 1.82) is 0 Å². The van der Waals surface area contributed by atoms with E-state index in [4.69, 9.17) is 0 Å². The van der Waals surface area contributed by atoms with Gasteiger partial charge >= 0.3 is 0 Å². The van der Waals surface area contributed by atoms with E-state index < -0.39 is 0 Å². The molecule has 1 fully saturated rings. The zero-order valence-electron chi connectivity index (χ0n) is 9.07. The van der Waals surface area contributed by atoms with Crippen LogP contribution in [0.1, 0.15) is 38.4 Å². The standard InChI is InChI=1S/C11H18N2O/c1-8-5-7-13(12-8)9-4-6-11(2,3)10(9)14/h5,7,9-10,14H,4,6H2,1-3H3. The van der Waals surface area contributed by atoms with Crippen LogP contribution in [0.15, 0.2) is 12.3 Å².